The second kappa shape index (κ2) is 6.32. The maximum absolute atomic E-state index is 12.3. The van der Waals surface area contributed by atoms with Crippen LogP contribution < -0.4 is 0 Å². The van der Waals surface area contributed by atoms with E-state index in [-0.39, 0.29) is 23.8 Å². The van der Waals surface area contributed by atoms with Gasteiger partial charge in [-0.1, -0.05) is 74.5 Å². The molecule has 3 rings (SSSR count). The van der Waals surface area contributed by atoms with Crippen LogP contribution in [0.15, 0.2) is 60.7 Å². The Kier molecular flexibility index (Phi) is 4.25. The number of rotatable bonds is 4. The van der Waals surface area contributed by atoms with E-state index in [1.165, 1.54) is 0 Å². The Morgan fingerprint density at radius 1 is 1.00 bits per heavy atom. The van der Waals surface area contributed by atoms with Crippen molar-refractivity contribution in [3.63, 3.8) is 0 Å². The van der Waals surface area contributed by atoms with Gasteiger partial charge in [-0.3, -0.25) is 0 Å². The molecule has 1 saturated heterocycles. The van der Waals surface area contributed by atoms with Crippen molar-refractivity contribution in [1.82, 2.24) is 5.06 Å². The lowest BCUT2D eigenvalue weighted by Gasteiger charge is -2.25. The predicted octanol–water partition coefficient (Wildman–Crippen LogP) is 3.97. The van der Waals surface area contributed by atoms with E-state index in [0.717, 1.165) is 11.1 Å². The smallest absolute Gasteiger partial charge is 0.330 e. The lowest BCUT2D eigenvalue weighted by Crippen LogP contribution is -2.26. The monoisotopic (exact) mass is 295 g/mol. The van der Waals surface area contributed by atoms with E-state index in [2.05, 4.69) is 38.1 Å². The maximum Gasteiger partial charge on any atom is 0.330 e. The molecule has 2 aromatic carbocycles. The highest BCUT2D eigenvalue weighted by molar-refractivity contribution is 5.75. The van der Waals surface area contributed by atoms with Gasteiger partial charge in [-0.15, -0.1) is 5.06 Å². The second-order valence-corrected chi connectivity index (χ2v) is 6.10. The summed E-state index contributed by atoms with van der Waals surface area (Å²) >= 11 is 0. The molecule has 1 fully saturated rings. The number of hydrogen-bond acceptors (Lipinski definition) is 3. The molecule has 0 radical (unpaired) electrons. The Hall–Kier alpha value is -2.13. The normalized spacial score (nSPS) is 22.0. The minimum Gasteiger partial charge on any atom is -0.367 e. The Morgan fingerprint density at radius 2 is 1.59 bits per heavy atom. The zero-order chi connectivity index (χ0) is 15.5. The van der Waals surface area contributed by atoms with Gasteiger partial charge in [-0.25, -0.2) is 4.79 Å². The molecule has 0 N–H and O–H groups in total. The number of nitrogens with zero attached hydrogens (tertiary/aromatic N) is 1. The molecule has 0 bridgehead atoms. The summed E-state index contributed by atoms with van der Waals surface area (Å²) in [5.74, 6) is -0.0237. The van der Waals surface area contributed by atoms with Crippen molar-refractivity contribution >= 4 is 5.97 Å². The lowest BCUT2D eigenvalue weighted by atomic mass is 9.85. The highest BCUT2D eigenvalue weighted by Gasteiger charge is 2.45. The summed E-state index contributed by atoms with van der Waals surface area (Å²) in [6.07, 6.45) is 0. The molecule has 2 aromatic rings. The van der Waals surface area contributed by atoms with Gasteiger partial charge in [0.15, 0.2) is 0 Å². The summed E-state index contributed by atoms with van der Waals surface area (Å²) in [6, 6.07) is 20.2. The van der Waals surface area contributed by atoms with Crippen LogP contribution in [0.1, 0.15) is 31.0 Å². The van der Waals surface area contributed by atoms with Gasteiger partial charge in [0, 0.05) is 0 Å². The number of hydrogen-bond donors (Lipinski definition) is 0. The molecule has 1 heterocycles. The Balaban J connectivity index is 1.92. The van der Waals surface area contributed by atoms with Gasteiger partial charge in [-0.2, -0.15) is 0 Å². The molecular formula is C19H21NO2. The predicted molar refractivity (Wildman–Crippen MR) is 85.6 cm³/mol. The first-order valence-electron chi connectivity index (χ1n) is 7.74. The third kappa shape index (κ3) is 2.90. The molecule has 22 heavy (non-hydrogen) atoms. The van der Waals surface area contributed by atoms with Crippen LogP contribution in [0.3, 0.4) is 0 Å². The number of carbonyl (C=O) groups excluding carboxylic acids is 1. The van der Waals surface area contributed by atoms with Gasteiger partial charge in [0.1, 0.15) is 0 Å². The first-order valence-corrected chi connectivity index (χ1v) is 7.74. The SMILES string of the molecule is CC(C)[C@H]1C(=O)ON(Cc2ccccc2)[C@@H]1c1ccccc1. The Bertz CT molecular complexity index is 624. The average molecular weight is 295 g/mol. The number of carbonyl (C=O) groups is 1. The van der Waals surface area contributed by atoms with E-state index >= 15 is 0 Å². The van der Waals surface area contributed by atoms with Crippen LogP contribution in [0.25, 0.3) is 0 Å². The van der Waals surface area contributed by atoms with Crippen molar-refractivity contribution < 1.29 is 9.63 Å². The summed E-state index contributed by atoms with van der Waals surface area (Å²) in [6.45, 7) is 4.76. The van der Waals surface area contributed by atoms with Gasteiger partial charge < -0.3 is 4.84 Å². The summed E-state index contributed by atoms with van der Waals surface area (Å²) in [7, 11) is 0. The first kappa shape index (κ1) is 14.8. The van der Waals surface area contributed by atoms with Gasteiger partial charge >= 0.3 is 5.97 Å². The van der Waals surface area contributed by atoms with Gasteiger partial charge in [-0.05, 0) is 17.0 Å². The molecule has 114 valence electrons. The highest BCUT2D eigenvalue weighted by Crippen LogP contribution is 2.40. The van der Waals surface area contributed by atoms with E-state index in [1.54, 1.807) is 0 Å². The molecule has 0 aliphatic carbocycles. The van der Waals surface area contributed by atoms with Crippen molar-refractivity contribution in [2.45, 2.75) is 26.4 Å². The van der Waals surface area contributed by atoms with Crippen molar-refractivity contribution in [3.8, 4) is 0 Å². The molecule has 0 aromatic heterocycles. The molecular weight excluding hydrogens is 274 g/mol. The second-order valence-electron chi connectivity index (χ2n) is 6.10. The van der Waals surface area contributed by atoms with Crippen LogP contribution in [-0.4, -0.2) is 11.0 Å². The molecule has 3 nitrogen and oxygen atoms in total. The highest BCUT2D eigenvalue weighted by atomic mass is 16.7. The van der Waals surface area contributed by atoms with Crippen molar-refractivity contribution in [1.29, 1.82) is 0 Å². The van der Waals surface area contributed by atoms with E-state index < -0.39 is 0 Å². The van der Waals surface area contributed by atoms with Crippen LogP contribution in [0.2, 0.25) is 0 Å². The minimum atomic E-state index is -0.133. The first-order chi connectivity index (χ1) is 10.7. The quantitative estimate of drug-likeness (QED) is 0.854. The fourth-order valence-electron chi connectivity index (χ4n) is 3.10. The Morgan fingerprint density at radius 3 is 2.18 bits per heavy atom. The van der Waals surface area contributed by atoms with Crippen LogP contribution in [0.5, 0.6) is 0 Å². The van der Waals surface area contributed by atoms with E-state index in [1.807, 2.05) is 41.5 Å². The van der Waals surface area contributed by atoms with Gasteiger partial charge in [0.25, 0.3) is 0 Å². The molecule has 0 amide bonds. The summed E-state index contributed by atoms with van der Waals surface area (Å²) in [5.41, 5.74) is 2.27. The van der Waals surface area contributed by atoms with Crippen LogP contribution in [-0.2, 0) is 16.2 Å². The topological polar surface area (TPSA) is 29.5 Å². The molecule has 3 heteroatoms. The third-order valence-electron chi connectivity index (χ3n) is 4.17. The van der Waals surface area contributed by atoms with Crippen LogP contribution >= 0.6 is 0 Å². The standard InChI is InChI=1S/C19H21NO2/c1-14(2)17-18(16-11-7-4-8-12-16)20(22-19(17)21)13-15-9-5-3-6-10-15/h3-12,14,17-18H,13H2,1-2H3/t17-,18-/m1/s1. The van der Waals surface area contributed by atoms with Gasteiger partial charge in [0.05, 0.1) is 18.5 Å². The molecule has 1 aliphatic heterocycles. The number of hydroxylamine groups is 2. The largest absolute Gasteiger partial charge is 0.367 e. The molecule has 0 unspecified atom stereocenters. The minimum absolute atomic E-state index is 0.0334. The van der Waals surface area contributed by atoms with E-state index in [9.17, 15) is 4.79 Å². The van der Waals surface area contributed by atoms with Crippen LogP contribution in [0, 0.1) is 11.8 Å². The molecule has 0 saturated carbocycles. The average Bonchev–Trinajstić information content (AvgIpc) is 2.85. The third-order valence-corrected chi connectivity index (χ3v) is 4.17. The van der Waals surface area contributed by atoms with Crippen molar-refractivity contribution in [2.24, 2.45) is 11.8 Å². The van der Waals surface area contributed by atoms with Crippen molar-refractivity contribution in [2.75, 3.05) is 0 Å². The zero-order valence-electron chi connectivity index (χ0n) is 13.0. The zero-order valence-corrected chi connectivity index (χ0v) is 13.0. The summed E-state index contributed by atoms with van der Waals surface area (Å²) < 4.78 is 0. The fraction of sp³-hybridized carbons (Fsp3) is 0.316. The fourth-order valence-corrected chi connectivity index (χ4v) is 3.10. The number of benzene rings is 2. The molecule has 2 atom stereocenters. The molecule has 0 spiro atoms. The lowest BCUT2D eigenvalue weighted by molar-refractivity contribution is -0.178. The molecule has 1 aliphatic rings. The van der Waals surface area contributed by atoms with E-state index in [4.69, 9.17) is 4.84 Å². The summed E-state index contributed by atoms with van der Waals surface area (Å²) in [5, 5.41) is 1.83. The Labute approximate surface area is 131 Å². The summed E-state index contributed by atoms with van der Waals surface area (Å²) in [4.78, 5) is 17.9. The van der Waals surface area contributed by atoms with Crippen molar-refractivity contribution in [3.05, 3.63) is 71.8 Å². The van der Waals surface area contributed by atoms with E-state index in [0.29, 0.717) is 6.54 Å². The van der Waals surface area contributed by atoms with Crippen LogP contribution in [0.4, 0.5) is 0 Å². The maximum atomic E-state index is 12.3. The van der Waals surface area contributed by atoms with Gasteiger partial charge in [0.2, 0.25) is 0 Å².